The predicted octanol–water partition coefficient (Wildman–Crippen LogP) is 5.39. The van der Waals surface area contributed by atoms with E-state index in [1.807, 2.05) is 0 Å². The van der Waals surface area contributed by atoms with Gasteiger partial charge < -0.3 is 19.7 Å². The molecule has 1 aliphatic rings. The van der Waals surface area contributed by atoms with Crippen molar-refractivity contribution in [3.63, 3.8) is 0 Å². The van der Waals surface area contributed by atoms with Crippen LogP contribution in [-0.4, -0.2) is 56.6 Å². The number of hydrogen-bond donors (Lipinski definition) is 1. The van der Waals surface area contributed by atoms with Gasteiger partial charge in [0.1, 0.15) is 6.04 Å². The summed E-state index contributed by atoms with van der Waals surface area (Å²) in [6.45, 7) is 0.495. The maximum absolute atomic E-state index is 13.6. The van der Waals surface area contributed by atoms with Crippen LogP contribution in [0.25, 0.3) is 0 Å². The van der Waals surface area contributed by atoms with E-state index in [0.29, 0.717) is 18.7 Å². The molecule has 0 aromatic heterocycles. The Hall–Kier alpha value is -2.61. The van der Waals surface area contributed by atoms with E-state index in [1.54, 1.807) is 56.6 Å². The topological polar surface area (TPSA) is 84.9 Å². The van der Waals surface area contributed by atoms with E-state index >= 15 is 0 Å². The van der Waals surface area contributed by atoms with E-state index in [-0.39, 0.29) is 27.9 Å². The fourth-order valence-electron chi connectivity index (χ4n) is 4.81. The van der Waals surface area contributed by atoms with Crippen LogP contribution in [0.5, 0.6) is 0 Å². The Kier molecular flexibility index (Phi) is 9.77. The number of anilines is 1. The highest BCUT2D eigenvalue weighted by atomic mass is 35.5. The molecule has 0 saturated heterocycles. The molecule has 194 valence electrons. The van der Waals surface area contributed by atoms with Crippen molar-refractivity contribution in [1.29, 1.82) is 0 Å². The molecule has 3 rings (SSSR count). The highest BCUT2D eigenvalue weighted by Crippen LogP contribution is 2.43. The SMILES string of the molecule is COCCC1(C(=O)N(C)[C@@H](Cc2ccc(NC(=O)c3c(Cl)cccc3Cl)cc2)C(=O)OC)CCCC1. The van der Waals surface area contributed by atoms with Gasteiger partial charge in [-0.3, -0.25) is 9.59 Å². The van der Waals surface area contributed by atoms with Crippen LogP contribution in [-0.2, 0) is 25.5 Å². The molecule has 1 atom stereocenters. The summed E-state index contributed by atoms with van der Waals surface area (Å²) in [6.07, 6.45) is 4.45. The molecular formula is C27H32Cl2N2O5. The molecule has 1 saturated carbocycles. The van der Waals surface area contributed by atoms with Crippen molar-refractivity contribution in [3.05, 3.63) is 63.6 Å². The summed E-state index contributed by atoms with van der Waals surface area (Å²) in [5.41, 5.74) is 1.05. The average molecular weight is 535 g/mol. The van der Waals surface area contributed by atoms with E-state index in [9.17, 15) is 14.4 Å². The second kappa shape index (κ2) is 12.6. The van der Waals surface area contributed by atoms with Crippen LogP contribution in [0.1, 0.15) is 48.0 Å². The molecule has 36 heavy (non-hydrogen) atoms. The largest absolute Gasteiger partial charge is 0.467 e. The maximum Gasteiger partial charge on any atom is 0.328 e. The van der Waals surface area contributed by atoms with Gasteiger partial charge in [0.25, 0.3) is 5.91 Å². The molecule has 2 aromatic carbocycles. The Morgan fingerprint density at radius 2 is 1.64 bits per heavy atom. The van der Waals surface area contributed by atoms with Crippen molar-refractivity contribution in [2.75, 3.05) is 33.2 Å². The highest BCUT2D eigenvalue weighted by molar-refractivity contribution is 6.40. The Balaban J connectivity index is 1.74. The second-order valence-corrected chi connectivity index (χ2v) is 9.95. The summed E-state index contributed by atoms with van der Waals surface area (Å²) < 4.78 is 10.3. The summed E-state index contributed by atoms with van der Waals surface area (Å²) in [5.74, 6) is -0.946. The predicted molar refractivity (Wildman–Crippen MR) is 141 cm³/mol. The lowest BCUT2D eigenvalue weighted by molar-refractivity contribution is -0.156. The molecule has 7 nitrogen and oxygen atoms in total. The maximum atomic E-state index is 13.6. The number of likely N-dealkylation sites (N-methyl/N-ethyl adjacent to an activating group) is 1. The summed E-state index contributed by atoms with van der Waals surface area (Å²) >= 11 is 12.3. The lowest BCUT2D eigenvalue weighted by Crippen LogP contribution is -2.50. The van der Waals surface area contributed by atoms with Crippen LogP contribution >= 0.6 is 23.2 Å². The van der Waals surface area contributed by atoms with Crippen LogP contribution in [0.15, 0.2) is 42.5 Å². The summed E-state index contributed by atoms with van der Waals surface area (Å²) in [4.78, 5) is 40.5. The van der Waals surface area contributed by atoms with E-state index in [2.05, 4.69) is 5.32 Å². The number of carbonyl (C=O) groups is 3. The fourth-order valence-corrected chi connectivity index (χ4v) is 5.37. The smallest absolute Gasteiger partial charge is 0.328 e. The third-order valence-corrected chi connectivity index (χ3v) is 7.52. The first-order valence-corrected chi connectivity index (χ1v) is 12.7. The molecule has 0 aliphatic heterocycles. The van der Waals surface area contributed by atoms with Crippen molar-refractivity contribution in [3.8, 4) is 0 Å². The van der Waals surface area contributed by atoms with Gasteiger partial charge in [-0.25, -0.2) is 4.79 Å². The van der Waals surface area contributed by atoms with Crippen LogP contribution in [0, 0.1) is 5.41 Å². The summed E-state index contributed by atoms with van der Waals surface area (Å²) in [6, 6.07) is 11.1. The van der Waals surface area contributed by atoms with Crippen molar-refractivity contribution in [2.45, 2.75) is 44.6 Å². The second-order valence-electron chi connectivity index (χ2n) is 9.14. The minimum absolute atomic E-state index is 0.0482. The minimum Gasteiger partial charge on any atom is -0.467 e. The Morgan fingerprint density at radius 3 is 2.19 bits per heavy atom. The zero-order valence-electron chi connectivity index (χ0n) is 20.8. The normalized spacial score (nSPS) is 15.2. The molecule has 1 fully saturated rings. The number of esters is 1. The number of benzene rings is 2. The van der Waals surface area contributed by atoms with Gasteiger partial charge in [-0.2, -0.15) is 0 Å². The van der Waals surface area contributed by atoms with E-state index < -0.39 is 23.3 Å². The van der Waals surface area contributed by atoms with Crippen LogP contribution in [0.4, 0.5) is 5.69 Å². The van der Waals surface area contributed by atoms with Gasteiger partial charge in [0, 0.05) is 32.9 Å². The molecule has 9 heteroatoms. The zero-order chi connectivity index (χ0) is 26.3. The van der Waals surface area contributed by atoms with Gasteiger partial charge in [0.05, 0.1) is 28.1 Å². The lowest BCUT2D eigenvalue weighted by atomic mass is 9.81. The van der Waals surface area contributed by atoms with Crippen molar-refractivity contribution < 1.29 is 23.9 Å². The zero-order valence-corrected chi connectivity index (χ0v) is 22.3. The van der Waals surface area contributed by atoms with Gasteiger partial charge in [-0.05, 0) is 49.1 Å². The molecule has 0 heterocycles. The molecular weight excluding hydrogens is 503 g/mol. The van der Waals surface area contributed by atoms with Gasteiger partial charge in [0.2, 0.25) is 5.91 Å². The third kappa shape index (κ3) is 6.38. The molecule has 0 unspecified atom stereocenters. The third-order valence-electron chi connectivity index (χ3n) is 6.89. The number of carbonyl (C=O) groups excluding carboxylic acids is 3. The molecule has 0 radical (unpaired) electrons. The number of halogens is 2. The monoisotopic (exact) mass is 534 g/mol. The van der Waals surface area contributed by atoms with Crippen LogP contribution in [0.3, 0.4) is 0 Å². The molecule has 1 aliphatic carbocycles. The lowest BCUT2D eigenvalue weighted by Gasteiger charge is -2.35. The summed E-state index contributed by atoms with van der Waals surface area (Å²) in [5, 5.41) is 3.30. The number of amides is 2. The number of nitrogens with zero attached hydrogens (tertiary/aromatic N) is 1. The number of hydrogen-bond acceptors (Lipinski definition) is 5. The van der Waals surface area contributed by atoms with Crippen molar-refractivity contribution in [1.82, 2.24) is 4.90 Å². The highest BCUT2D eigenvalue weighted by Gasteiger charge is 2.44. The average Bonchev–Trinajstić information content (AvgIpc) is 3.35. The van der Waals surface area contributed by atoms with Gasteiger partial charge in [0.15, 0.2) is 0 Å². The van der Waals surface area contributed by atoms with E-state index in [4.69, 9.17) is 32.7 Å². The quantitative estimate of drug-likeness (QED) is 0.413. The minimum atomic E-state index is -0.773. The van der Waals surface area contributed by atoms with Crippen LogP contribution in [0.2, 0.25) is 10.0 Å². The fraction of sp³-hybridized carbons (Fsp3) is 0.444. The van der Waals surface area contributed by atoms with E-state index in [1.165, 1.54) is 12.0 Å². The van der Waals surface area contributed by atoms with E-state index in [0.717, 1.165) is 31.2 Å². The van der Waals surface area contributed by atoms with Crippen LogP contribution < -0.4 is 5.32 Å². The Bertz CT molecular complexity index is 1060. The molecule has 2 amide bonds. The van der Waals surface area contributed by atoms with Gasteiger partial charge in [-0.1, -0.05) is 54.2 Å². The number of ether oxygens (including phenoxy) is 2. The number of methoxy groups -OCH3 is 2. The van der Waals surface area contributed by atoms with Crippen molar-refractivity contribution >= 4 is 46.7 Å². The molecule has 2 aromatic rings. The number of rotatable bonds is 10. The molecule has 0 spiro atoms. The van der Waals surface area contributed by atoms with Gasteiger partial charge >= 0.3 is 5.97 Å². The first-order chi connectivity index (χ1) is 17.2. The standard InChI is InChI=1S/C27H32Cl2N2O5/c1-31(26(34)27(15-16-35-2)13-4-5-14-27)22(25(33)36-3)17-18-9-11-19(12-10-18)30-24(32)23-20(28)7-6-8-21(23)29/h6-12,22H,4-5,13-17H2,1-3H3,(H,30,32)/t22-/m0/s1. The molecule has 1 N–H and O–H groups in total. The molecule has 0 bridgehead atoms. The number of nitrogens with one attached hydrogen (secondary N) is 1. The first kappa shape index (κ1) is 28.0. The van der Waals surface area contributed by atoms with Gasteiger partial charge in [-0.15, -0.1) is 0 Å². The summed E-state index contributed by atoms with van der Waals surface area (Å²) in [7, 11) is 4.62. The Morgan fingerprint density at radius 1 is 1.03 bits per heavy atom. The first-order valence-electron chi connectivity index (χ1n) is 11.9. The van der Waals surface area contributed by atoms with Crippen molar-refractivity contribution in [2.24, 2.45) is 5.41 Å². The Labute approximate surface area is 222 Å².